The van der Waals surface area contributed by atoms with E-state index < -0.39 is 11.6 Å². The highest BCUT2D eigenvalue weighted by atomic mass is 32.1. The van der Waals surface area contributed by atoms with Crippen molar-refractivity contribution in [1.29, 1.82) is 0 Å². The van der Waals surface area contributed by atoms with Crippen LogP contribution < -0.4 is 10.1 Å². The lowest BCUT2D eigenvalue weighted by molar-refractivity contribution is -0.107. The first-order chi connectivity index (χ1) is 17.6. The van der Waals surface area contributed by atoms with Gasteiger partial charge in [-0.3, -0.25) is 9.69 Å². The van der Waals surface area contributed by atoms with Crippen molar-refractivity contribution in [2.24, 2.45) is 5.92 Å². The summed E-state index contributed by atoms with van der Waals surface area (Å²) in [7, 11) is 0. The highest BCUT2D eigenvalue weighted by Gasteiger charge is 2.49. The van der Waals surface area contributed by atoms with E-state index in [1.54, 1.807) is 40.5 Å². The number of carbonyl (C=O) groups is 3. The fourth-order valence-corrected chi connectivity index (χ4v) is 6.27. The maximum absolute atomic E-state index is 13.1. The van der Waals surface area contributed by atoms with Crippen LogP contribution in [0.2, 0.25) is 0 Å². The van der Waals surface area contributed by atoms with Gasteiger partial charge in [0.1, 0.15) is 23.7 Å². The number of rotatable bonds is 10. The average Bonchev–Trinajstić information content (AvgIpc) is 3.42. The Balaban J connectivity index is 1.17. The van der Waals surface area contributed by atoms with Gasteiger partial charge >= 0.3 is 6.09 Å². The van der Waals surface area contributed by atoms with Crippen molar-refractivity contribution in [2.75, 3.05) is 39.3 Å². The molecule has 0 aliphatic carbocycles. The van der Waals surface area contributed by atoms with Gasteiger partial charge in [-0.1, -0.05) is 6.07 Å². The molecule has 8 nitrogen and oxygen atoms in total. The summed E-state index contributed by atoms with van der Waals surface area (Å²) in [6.45, 7) is 4.34. The minimum atomic E-state index is -0.626. The summed E-state index contributed by atoms with van der Waals surface area (Å²) >= 11 is 1.58. The van der Waals surface area contributed by atoms with Gasteiger partial charge in [0.2, 0.25) is 0 Å². The van der Waals surface area contributed by atoms with Crippen molar-refractivity contribution >= 4 is 29.6 Å². The van der Waals surface area contributed by atoms with E-state index in [2.05, 4.69) is 10.2 Å². The molecule has 9 heteroatoms. The zero-order valence-corrected chi connectivity index (χ0v) is 21.2. The number of unbranched alkanes of at least 4 members (excludes halogenated alkanes) is 2. The van der Waals surface area contributed by atoms with Crippen LogP contribution in [-0.2, 0) is 15.1 Å². The van der Waals surface area contributed by atoms with Gasteiger partial charge in [0.25, 0.3) is 5.91 Å². The van der Waals surface area contributed by atoms with E-state index in [4.69, 9.17) is 9.47 Å². The quantitative estimate of drug-likeness (QED) is 0.387. The van der Waals surface area contributed by atoms with Crippen LogP contribution in [0.25, 0.3) is 0 Å². The summed E-state index contributed by atoms with van der Waals surface area (Å²) in [5, 5.41) is 5.10. The highest BCUT2D eigenvalue weighted by molar-refractivity contribution is 7.10. The van der Waals surface area contributed by atoms with Crippen molar-refractivity contribution in [1.82, 2.24) is 15.1 Å². The van der Waals surface area contributed by atoms with Crippen LogP contribution in [0.3, 0.4) is 0 Å². The molecule has 4 fully saturated rings. The molecule has 4 aliphatic rings. The molecule has 192 valence electrons. The number of hydrogen-bond donors (Lipinski definition) is 1. The second kappa shape index (κ2) is 11.0. The SMILES string of the molecule is O=CCCCCOc1ccc(C(=O)N2CC(NC(=O)O[C@H]3CN4CCC3CC4)(c3cccs3)C2)cc1. The van der Waals surface area contributed by atoms with E-state index in [1.165, 1.54) is 0 Å². The molecule has 5 heterocycles. The standard InChI is InChI=1S/C27H33N3O5S/c31-14-2-1-3-15-34-22-8-6-21(7-9-22)25(32)30-18-27(19-30,24-5-4-16-36-24)28-26(33)35-23-17-29-12-10-20(23)11-13-29/h4-9,14,16,20,23H,1-3,10-13,15,17-19H2,(H,28,33)/t23-/m0/s1. The number of amides is 2. The third kappa shape index (κ3) is 5.42. The number of aldehydes is 1. The normalized spacial score (nSPS) is 24.0. The summed E-state index contributed by atoms with van der Waals surface area (Å²) in [5.74, 6) is 1.07. The molecule has 2 aromatic rings. The fourth-order valence-electron chi connectivity index (χ4n) is 5.40. The minimum absolute atomic E-state index is 0.0588. The van der Waals surface area contributed by atoms with E-state index in [9.17, 15) is 14.4 Å². The van der Waals surface area contributed by atoms with Crippen molar-refractivity contribution in [3.05, 3.63) is 52.2 Å². The molecular weight excluding hydrogens is 478 g/mol. The largest absolute Gasteiger partial charge is 0.494 e. The van der Waals surface area contributed by atoms with Crippen molar-refractivity contribution in [2.45, 2.75) is 43.7 Å². The number of likely N-dealkylation sites (tertiary alicyclic amines) is 1. The lowest BCUT2D eigenvalue weighted by atomic mass is 9.86. The Morgan fingerprint density at radius 3 is 2.53 bits per heavy atom. The van der Waals surface area contributed by atoms with Gasteiger partial charge in [-0.05, 0) is 80.4 Å². The minimum Gasteiger partial charge on any atom is -0.494 e. The Hall–Kier alpha value is -2.91. The Morgan fingerprint density at radius 2 is 1.89 bits per heavy atom. The molecule has 1 aromatic heterocycles. The van der Waals surface area contributed by atoms with Crippen molar-refractivity contribution in [3.8, 4) is 5.75 Å². The zero-order chi connectivity index (χ0) is 25.0. The van der Waals surface area contributed by atoms with Gasteiger partial charge < -0.3 is 24.5 Å². The summed E-state index contributed by atoms with van der Waals surface area (Å²) in [6.07, 6.45) is 4.79. The van der Waals surface area contributed by atoms with E-state index in [0.29, 0.717) is 43.3 Å². The maximum Gasteiger partial charge on any atom is 0.408 e. The number of nitrogens with one attached hydrogen (secondary N) is 1. The molecule has 36 heavy (non-hydrogen) atoms. The second-order valence-electron chi connectivity index (χ2n) is 9.96. The molecule has 0 unspecified atom stereocenters. The fraction of sp³-hybridized carbons (Fsp3) is 0.519. The molecule has 1 atom stereocenters. The van der Waals surface area contributed by atoms with Crippen LogP contribution in [0.4, 0.5) is 4.79 Å². The molecule has 0 spiro atoms. The third-order valence-corrected chi connectivity index (χ3v) is 8.56. The van der Waals surface area contributed by atoms with Crippen LogP contribution >= 0.6 is 11.3 Å². The van der Waals surface area contributed by atoms with E-state index in [-0.39, 0.29) is 12.0 Å². The van der Waals surface area contributed by atoms with E-state index >= 15 is 0 Å². The monoisotopic (exact) mass is 511 g/mol. The predicted octanol–water partition coefficient (Wildman–Crippen LogP) is 3.67. The molecule has 0 saturated carbocycles. The van der Waals surface area contributed by atoms with E-state index in [0.717, 1.165) is 56.5 Å². The number of carbonyl (C=O) groups excluding carboxylic acids is 3. The first-order valence-corrected chi connectivity index (χ1v) is 13.7. The number of hydrogen-bond acceptors (Lipinski definition) is 7. The van der Waals surface area contributed by atoms with Gasteiger partial charge in [0, 0.05) is 23.4 Å². The molecule has 6 rings (SSSR count). The van der Waals surface area contributed by atoms with Crippen LogP contribution in [0, 0.1) is 5.92 Å². The summed E-state index contributed by atoms with van der Waals surface area (Å²) < 4.78 is 11.6. The molecule has 2 bridgehead atoms. The first kappa shape index (κ1) is 24.8. The van der Waals surface area contributed by atoms with Gasteiger partial charge in [0.05, 0.1) is 19.7 Å². The molecule has 0 radical (unpaired) electrons. The summed E-state index contributed by atoms with van der Waals surface area (Å²) in [5.41, 5.74) is -0.0441. The van der Waals surface area contributed by atoms with Crippen LogP contribution in [-0.4, -0.2) is 73.5 Å². The summed E-state index contributed by atoms with van der Waals surface area (Å²) in [4.78, 5) is 41.6. The Labute approximate surface area is 215 Å². The van der Waals surface area contributed by atoms with E-state index in [1.807, 2.05) is 17.5 Å². The second-order valence-corrected chi connectivity index (χ2v) is 10.9. The Bertz CT molecular complexity index is 1040. The number of piperidine rings is 3. The van der Waals surface area contributed by atoms with Gasteiger partial charge in [0.15, 0.2) is 0 Å². The molecule has 1 aromatic carbocycles. The third-order valence-electron chi connectivity index (χ3n) is 7.48. The lowest BCUT2D eigenvalue weighted by Crippen LogP contribution is -2.69. The number of alkyl carbamates (subject to hydrolysis) is 1. The zero-order valence-electron chi connectivity index (χ0n) is 20.4. The lowest BCUT2D eigenvalue weighted by Gasteiger charge is -2.50. The smallest absolute Gasteiger partial charge is 0.408 e. The Morgan fingerprint density at radius 1 is 1.11 bits per heavy atom. The van der Waals surface area contributed by atoms with Gasteiger partial charge in [-0.2, -0.15) is 0 Å². The number of fused-ring (bicyclic) bond motifs is 3. The number of benzene rings is 1. The topological polar surface area (TPSA) is 88.2 Å². The molecule has 4 saturated heterocycles. The van der Waals surface area contributed by atoms with Gasteiger partial charge in [-0.25, -0.2) is 4.79 Å². The van der Waals surface area contributed by atoms with Gasteiger partial charge in [-0.15, -0.1) is 11.3 Å². The average molecular weight is 512 g/mol. The van der Waals surface area contributed by atoms with Crippen LogP contribution in [0.1, 0.15) is 47.3 Å². The predicted molar refractivity (Wildman–Crippen MR) is 136 cm³/mol. The summed E-state index contributed by atoms with van der Waals surface area (Å²) in [6, 6.07) is 11.1. The van der Waals surface area contributed by atoms with Crippen LogP contribution in [0.5, 0.6) is 5.75 Å². The molecule has 4 aliphatic heterocycles. The molecular formula is C27H33N3O5S. The highest BCUT2D eigenvalue weighted by Crippen LogP contribution is 2.37. The van der Waals surface area contributed by atoms with Crippen molar-refractivity contribution in [3.63, 3.8) is 0 Å². The molecule has 2 amide bonds. The number of thiophene rings is 1. The number of nitrogens with zero attached hydrogens (tertiary/aromatic N) is 2. The van der Waals surface area contributed by atoms with Crippen molar-refractivity contribution < 1.29 is 23.9 Å². The Kier molecular flexibility index (Phi) is 7.57. The maximum atomic E-state index is 13.1. The number of ether oxygens (including phenoxy) is 2. The molecule has 1 N–H and O–H groups in total. The first-order valence-electron chi connectivity index (χ1n) is 12.8. The van der Waals surface area contributed by atoms with Crippen LogP contribution in [0.15, 0.2) is 41.8 Å².